The first-order chi connectivity index (χ1) is 69.1. The average molecular weight is 2090 g/mol. The molecule has 0 radical (unpaired) electrons. The maximum absolute atomic E-state index is 14.5. The fraction of sp³-hybridized carbons (Fsp3) is 0.802. The summed E-state index contributed by atoms with van der Waals surface area (Å²) in [5.74, 6) is -5.39. The number of nitrogens with zero attached hydrogens (tertiary/aromatic N) is 4. The zero-order chi connectivity index (χ0) is 109. The number of esters is 4. The normalized spacial score (nSPS) is 18.5. The van der Waals surface area contributed by atoms with Gasteiger partial charge >= 0.3 is 29.8 Å². The van der Waals surface area contributed by atoms with Crippen LogP contribution in [0, 0.1) is 35.5 Å². The highest BCUT2D eigenvalue weighted by atomic mass is 32.2. The average Bonchev–Trinajstić information content (AvgIpc) is 1.75. The molecule has 2 heterocycles. The highest BCUT2D eigenvalue weighted by Crippen LogP contribution is 2.34. The van der Waals surface area contributed by atoms with Crippen molar-refractivity contribution in [3.8, 4) is 0 Å². The lowest BCUT2D eigenvalue weighted by Crippen LogP contribution is -2.59. The van der Waals surface area contributed by atoms with E-state index < -0.39 is 127 Å². The van der Waals surface area contributed by atoms with Crippen LogP contribution in [0.3, 0.4) is 0 Å². The molecule has 4 rings (SSSR count). The summed E-state index contributed by atoms with van der Waals surface area (Å²) in [4.78, 5) is 184. The van der Waals surface area contributed by atoms with Crippen molar-refractivity contribution in [2.45, 2.75) is 328 Å². The summed E-state index contributed by atoms with van der Waals surface area (Å²) in [5, 5.41) is 67.0. The van der Waals surface area contributed by atoms with Crippen molar-refractivity contribution in [1.29, 1.82) is 0 Å². The van der Waals surface area contributed by atoms with Crippen LogP contribution in [-0.2, 0) is 140 Å². The number of rotatable bonds is 71. The molecule has 2 saturated heterocycles. The topological polar surface area (TPSA) is 563 Å². The summed E-state index contributed by atoms with van der Waals surface area (Å²) in [6, 6.07) is 5.92. The Bertz CT molecular complexity index is 3800. The summed E-state index contributed by atoms with van der Waals surface area (Å²) in [5.41, 5.74) is 0.794. The lowest BCUT2D eigenvalue weighted by Gasteiger charge is -2.41. The molecule has 43 nitrogen and oxygen atoms in total. The molecule has 18 atom stereocenters. The van der Waals surface area contributed by atoms with Crippen molar-refractivity contribution in [3.05, 3.63) is 35.9 Å². The van der Waals surface area contributed by atoms with E-state index in [4.69, 9.17) is 86.7 Å². The summed E-state index contributed by atoms with van der Waals surface area (Å²) < 4.78 is 74.4. The molecule has 145 heavy (non-hydrogen) atoms. The summed E-state index contributed by atoms with van der Waals surface area (Å²) in [7, 11) is 15.7. The maximum atomic E-state index is 14.5. The molecule has 9 amide bonds. The van der Waals surface area contributed by atoms with Crippen LogP contribution in [0.1, 0.15) is 229 Å². The number of carbonyl (C=O) groups is 14. The van der Waals surface area contributed by atoms with Gasteiger partial charge in [-0.15, -0.1) is 11.8 Å². The molecule has 836 valence electrons. The number of hydrogen-bond acceptors (Lipinski definition) is 35. The molecule has 1 aliphatic carbocycles. The third-order valence-corrected chi connectivity index (χ3v) is 26.5. The minimum atomic E-state index is -1.06. The number of aliphatic hydroxyl groups excluding tert-OH is 5. The molecule has 1 aromatic carbocycles. The summed E-state index contributed by atoms with van der Waals surface area (Å²) in [6.45, 7) is 21.2. The highest BCUT2D eigenvalue weighted by Gasteiger charge is 2.46. The van der Waals surface area contributed by atoms with Gasteiger partial charge in [-0.1, -0.05) is 113 Å². The number of carboxylic acids is 1. The highest BCUT2D eigenvalue weighted by molar-refractivity contribution is 8.00. The molecule has 3 aliphatic rings. The number of aliphatic hydroxyl groups is 5. The Labute approximate surface area is 862 Å². The van der Waals surface area contributed by atoms with E-state index in [1.54, 1.807) is 30.8 Å². The zero-order valence-electron chi connectivity index (χ0n) is 89.8. The van der Waals surface area contributed by atoms with Gasteiger partial charge < -0.3 is 133 Å². The number of aliphatic carboxylic acids is 1. The van der Waals surface area contributed by atoms with Crippen molar-refractivity contribution in [2.75, 3.05) is 162 Å². The largest absolute Gasteiger partial charge is 0.481 e. The first-order valence-electron chi connectivity index (χ1n) is 50.9. The van der Waals surface area contributed by atoms with Crippen LogP contribution in [0.25, 0.3) is 0 Å². The number of carboxylic acid groups (broad SMARTS) is 1. The second-order valence-electron chi connectivity index (χ2n) is 36.9. The molecule has 11 N–H and O–H groups in total. The monoisotopic (exact) mass is 2090 g/mol. The fourth-order valence-corrected chi connectivity index (χ4v) is 17.4. The van der Waals surface area contributed by atoms with Gasteiger partial charge in [0, 0.05) is 146 Å². The van der Waals surface area contributed by atoms with Gasteiger partial charge in [0.25, 0.3) is 0 Å². The number of imide groups is 1. The van der Waals surface area contributed by atoms with Gasteiger partial charge in [-0.25, -0.2) is 4.79 Å². The van der Waals surface area contributed by atoms with E-state index in [0.29, 0.717) is 83.2 Å². The second-order valence-corrected chi connectivity index (χ2v) is 38.2. The van der Waals surface area contributed by atoms with Gasteiger partial charge in [-0.3, -0.25) is 72.1 Å². The smallest absolute Gasteiger partial charge is 0.328 e. The molecule has 2 aliphatic heterocycles. The molecule has 0 aromatic heterocycles. The molecule has 0 spiro atoms. The van der Waals surface area contributed by atoms with E-state index in [1.807, 2.05) is 119 Å². The molecule has 1 saturated carbocycles. The van der Waals surface area contributed by atoms with Gasteiger partial charge in [-0.2, -0.15) is 0 Å². The molecule has 44 heteroatoms. The van der Waals surface area contributed by atoms with E-state index in [2.05, 4.69) is 26.6 Å². The first kappa shape index (κ1) is 135. The molecule has 0 bridgehead atoms. The summed E-state index contributed by atoms with van der Waals surface area (Å²) >= 11 is 1.37. The van der Waals surface area contributed by atoms with Crippen LogP contribution in [0.4, 0.5) is 0 Å². The Kier molecular flexibility index (Phi) is 72.5. The lowest BCUT2D eigenvalue weighted by molar-refractivity contribution is -0.194. The third-order valence-electron chi connectivity index (χ3n) is 25.3. The van der Waals surface area contributed by atoms with Crippen LogP contribution in [0.15, 0.2) is 30.3 Å². The Morgan fingerprint density at radius 1 is 0.538 bits per heavy atom. The Balaban J connectivity index is 0.00000123. The Hall–Kier alpha value is -8.29. The van der Waals surface area contributed by atoms with Crippen molar-refractivity contribution in [1.82, 2.24) is 46.2 Å². The van der Waals surface area contributed by atoms with Crippen LogP contribution < -0.4 is 26.6 Å². The van der Waals surface area contributed by atoms with Crippen LogP contribution >= 0.6 is 11.8 Å². The number of thioether (sulfide) groups is 1. The number of hydrogen-bond donors (Lipinski definition) is 11. The standard InChI is InChI=1S/C55H94N6O14.C27H45N3O9S.C12H22O7.C7H16O4/c1-15-37(7)50(60(11)54(68)48(35(3)4)58-53(67)49(36(5)6)59(9)10)43(70-12)32-45(64)61-29-21-25-42(61)51(72-14)38(8)52(66)57-41(31-39-23-18-17-19-24-39)55(69)73-30-22-28-56-44(63)26-20-27-46(65)74-34-47(71-13)75-40(16-2)33-62;1-4-20(16-31)39-25(37-3)17-38-24(34)7-5-6-22(32)29-12-13-40-21-14-23(33)30(27(21)36)15-18-8-10-19(11-9-18)26(35)28-2;1-3-9(7-13)19-12(17-2)8-18-11(16)6-4-5-10(14)15;1-3-6(4-8)11-7(5-9)10-2/h17-19,23-24,35-38,40-43,47-51,62H,15-16,20-22,25-34H2,1-14H3,(H,56,63)(H,57,66)(H,58,67);18-21,25,31H,4-17H2,1-3H3,(H,28,35)(H,29,32);9,12-13H,3-8H2,1-2H3,(H,14,15);6-9H,3-5H2,1-2H3/t37-,38+,40?,41-,42-,43+,47?,48-,49-,50-,51+;;;/m0.../s1. The van der Waals surface area contributed by atoms with Gasteiger partial charge in [0.1, 0.15) is 31.9 Å². The van der Waals surface area contributed by atoms with E-state index >= 15 is 0 Å². The van der Waals surface area contributed by atoms with Crippen molar-refractivity contribution >= 4 is 94.8 Å². The molecule has 1 aromatic rings. The van der Waals surface area contributed by atoms with Gasteiger partial charge in [-0.05, 0) is 133 Å². The van der Waals surface area contributed by atoms with Crippen molar-refractivity contribution in [3.63, 3.8) is 0 Å². The maximum Gasteiger partial charge on any atom is 0.328 e. The number of ether oxygens (including phenoxy) is 14. The Morgan fingerprint density at radius 3 is 1.44 bits per heavy atom. The number of carbonyl (C=O) groups excluding carboxylic acids is 13. The minimum Gasteiger partial charge on any atom is -0.481 e. The van der Waals surface area contributed by atoms with E-state index in [9.17, 15) is 77.3 Å². The van der Waals surface area contributed by atoms with Gasteiger partial charge in [0.05, 0.1) is 112 Å². The quantitative estimate of drug-likeness (QED) is 0.0132. The number of amides is 9. The van der Waals surface area contributed by atoms with E-state index in [-0.39, 0.29) is 226 Å². The predicted molar refractivity (Wildman–Crippen MR) is 537 cm³/mol. The number of likely N-dealkylation sites (tertiary alicyclic amines) is 2. The number of benzene rings is 1. The number of likely N-dealkylation sites (N-methyl/N-ethyl adjacent to an activating group) is 2. The SMILES string of the molecule is CCC(CO)OC(CO)OC.CCC(CO)OC(COC(=O)CCCC(=O)NCCCOC(=O)[C@H](Cc1ccccc1)NC(=O)[C@H](C)[C@@H](OC)[C@@H]1CCCN1C(=O)C[C@@H](OC)[C@H]([C@@H](C)CC)N(C)C(=O)[C@@H](NC(=O)[C@H](C(C)C)N(C)C)C(C)C)OC.CCC(CO)OC(COC(=O)CCCC(=O)NCCSC1CC(=O)N(CC2CCC(C(=O)NC)CC2)C1=O)OC.CCC(CO)OC(COC(=O)CCCC(=O)O)OC. The number of methoxy groups -OCH3 is 6. The van der Waals surface area contributed by atoms with Gasteiger partial charge in [0.2, 0.25) is 53.2 Å². The minimum absolute atomic E-state index is 0.00472. The third kappa shape index (κ3) is 53.1. The fourth-order valence-electron chi connectivity index (χ4n) is 16.4. The van der Waals surface area contributed by atoms with Gasteiger partial charge in [0.15, 0.2) is 25.2 Å². The van der Waals surface area contributed by atoms with Crippen LogP contribution in [0.5, 0.6) is 0 Å². The van der Waals surface area contributed by atoms with Crippen LogP contribution in [0.2, 0.25) is 0 Å². The van der Waals surface area contributed by atoms with E-state index in [0.717, 1.165) is 31.2 Å². The summed E-state index contributed by atoms with van der Waals surface area (Å²) in [6.07, 6.45) is 3.41. The molecule has 9 unspecified atom stereocenters. The predicted octanol–water partition coefficient (Wildman–Crippen LogP) is 5.16. The van der Waals surface area contributed by atoms with Crippen molar-refractivity contribution in [2.24, 2.45) is 35.5 Å². The lowest BCUT2D eigenvalue weighted by atomic mass is 9.81. The Morgan fingerprint density at radius 2 is 1.02 bits per heavy atom. The number of nitrogens with one attached hydrogen (secondary N) is 5. The van der Waals surface area contributed by atoms with Crippen molar-refractivity contribution < 1.29 is 164 Å². The molecular weight excluding hydrogens is 1920 g/mol. The molecular formula is C101H177N9O34S. The molecule has 3 fully saturated rings. The van der Waals surface area contributed by atoms with E-state index in [1.165, 1.54) is 59.3 Å². The zero-order valence-corrected chi connectivity index (χ0v) is 90.6. The second kappa shape index (κ2) is 78.0. The first-order valence-corrected chi connectivity index (χ1v) is 51.9. The van der Waals surface area contributed by atoms with Crippen LogP contribution in [-0.4, -0.2) is 393 Å².